The highest BCUT2D eigenvalue weighted by molar-refractivity contribution is 7.98. The maximum atomic E-state index is 13.1. The van der Waals surface area contributed by atoms with Crippen molar-refractivity contribution in [1.82, 2.24) is 10.2 Å². The lowest BCUT2D eigenvalue weighted by atomic mass is 10.1. The smallest absolute Gasteiger partial charge is 0.255 e. The molecule has 0 aliphatic heterocycles. The minimum atomic E-state index is -0.754. The van der Waals surface area contributed by atoms with E-state index in [0.29, 0.717) is 29.2 Å². The molecule has 2 N–H and O–H groups in total. The Kier molecular flexibility index (Phi) is 10.4. The zero-order valence-corrected chi connectivity index (χ0v) is 20.3. The van der Waals surface area contributed by atoms with Crippen molar-refractivity contribution >= 4 is 46.9 Å². The van der Waals surface area contributed by atoms with E-state index in [4.69, 9.17) is 4.74 Å². The summed E-state index contributed by atoms with van der Waals surface area (Å²) in [5.41, 5.74) is 1.06. The molecule has 172 valence electrons. The summed E-state index contributed by atoms with van der Waals surface area (Å²) >= 11 is 3.11. The van der Waals surface area contributed by atoms with Crippen molar-refractivity contribution in [3.8, 4) is 5.75 Å². The van der Waals surface area contributed by atoms with Gasteiger partial charge < -0.3 is 20.3 Å². The van der Waals surface area contributed by atoms with Crippen LogP contribution in [0.15, 0.2) is 53.4 Å². The van der Waals surface area contributed by atoms with Gasteiger partial charge in [0, 0.05) is 11.9 Å². The highest BCUT2D eigenvalue weighted by atomic mass is 32.2. The van der Waals surface area contributed by atoms with E-state index < -0.39 is 11.9 Å². The number of para-hydroxylation sites is 2. The number of ether oxygens (including phenoxy) is 1. The lowest BCUT2D eigenvalue weighted by Crippen LogP contribution is -2.49. The molecule has 0 heterocycles. The maximum Gasteiger partial charge on any atom is 0.255 e. The van der Waals surface area contributed by atoms with E-state index in [-0.39, 0.29) is 18.4 Å². The number of benzene rings is 2. The number of rotatable bonds is 11. The van der Waals surface area contributed by atoms with E-state index in [1.165, 1.54) is 23.8 Å². The number of methoxy groups -OCH3 is 1. The Bertz CT molecular complexity index is 939. The summed E-state index contributed by atoms with van der Waals surface area (Å²) in [6, 6.07) is 13.6. The lowest BCUT2D eigenvalue weighted by molar-refractivity contribution is -0.135. The van der Waals surface area contributed by atoms with Crippen LogP contribution in [-0.2, 0) is 9.59 Å². The second-order valence-corrected chi connectivity index (χ2v) is 8.78. The van der Waals surface area contributed by atoms with E-state index in [9.17, 15) is 14.4 Å². The largest absolute Gasteiger partial charge is 0.496 e. The number of hydrogen-bond acceptors (Lipinski definition) is 6. The first-order valence-electron chi connectivity index (χ1n) is 10.0. The van der Waals surface area contributed by atoms with Gasteiger partial charge in [0.2, 0.25) is 11.8 Å². The van der Waals surface area contributed by atoms with Gasteiger partial charge in [-0.25, -0.2) is 0 Å². The molecule has 0 saturated carbocycles. The van der Waals surface area contributed by atoms with Crippen LogP contribution >= 0.6 is 23.5 Å². The number of carbonyl (C=O) groups excluding carboxylic acids is 3. The third kappa shape index (κ3) is 7.20. The molecule has 1 atom stereocenters. The first-order valence-corrected chi connectivity index (χ1v) is 12.6. The molecule has 0 aliphatic carbocycles. The topological polar surface area (TPSA) is 87.7 Å². The summed E-state index contributed by atoms with van der Waals surface area (Å²) < 4.78 is 5.25. The second-order valence-electron chi connectivity index (χ2n) is 6.95. The predicted octanol–water partition coefficient (Wildman–Crippen LogP) is 3.37. The van der Waals surface area contributed by atoms with Crippen molar-refractivity contribution in [1.29, 1.82) is 0 Å². The van der Waals surface area contributed by atoms with Gasteiger partial charge in [-0.1, -0.05) is 24.3 Å². The minimum Gasteiger partial charge on any atom is -0.496 e. The molecular formula is C23H29N3O4S2. The predicted molar refractivity (Wildman–Crippen MR) is 132 cm³/mol. The number of hydrogen-bond donors (Lipinski definition) is 2. The molecule has 0 aromatic heterocycles. The average Bonchev–Trinajstić information content (AvgIpc) is 2.81. The number of carbonyl (C=O) groups is 3. The number of likely N-dealkylation sites (N-methyl/N-ethyl adjacent to an activating group) is 1. The number of nitrogens with one attached hydrogen (secondary N) is 2. The SMILES string of the molecule is COc1ccccc1C(=O)NC(CCSC)C(=O)N(C)CC(=O)Nc1ccccc1SC. The Morgan fingerprint density at radius 2 is 1.75 bits per heavy atom. The molecule has 1 unspecified atom stereocenters. The number of thioether (sulfide) groups is 2. The molecule has 2 aromatic carbocycles. The van der Waals surface area contributed by atoms with Gasteiger partial charge in [0.15, 0.2) is 0 Å². The fraction of sp³-hybridized carbons (Fsp3) is 0.348. The van der Waals surface area contributed by atoms with Crippen LogP contribution in [0.3, 0.4) is 0 Å². The monoisotopic (exact) mass is 475 g/mol. The highest BCUT2D eigenvalue weighted by Crippen LogP contribution is 2.24. The van der Waals surface area contributed by atoms with Gasteiger partial charge in [-0.2, -0.15) is 11.8 Å². The van der Waals surface area contributed by atoms with E-state index in [1.807, 2.05) is 36.8 Å². The van der Waals surface area contributed by atoms with Gasteiger partial charge in [-0.3, -0.25) is 14.4 Å². The van der Waals surface area contributed by atoms with Gasteiger partial charge in [-0.05, 0) is 49.0 Å². The van der Waals surface area contributed by atoms with Crippen LogP contribution < -0.4 is 15.4 Å². The summed E-state index contributed by atoms with van der Waals surface area (Å²) in [5.74, 6) is 0.0940. The molecule has 0 aliphatic rings. The maximum absolute atomic E-state index is 13.1. The van der Waals surface area contributed by atoms with Crippen molar-refractivity contribution in [3.05, 3.63) is 54.1 Å². The Morgan fingerprint density at radius 3 is 2.44 bits per heavy atom. The van der Waals surface area contributed by atoms with Gasteiger partial charge in [0.1, 0.15) is 11.8 Å². The first kappa shape index (κ1) is 25.6. The van der Waals surface area contributed by atoms with Crippen LogP contribution in [0.2, 0.25) is 0 Å². The van der Waals surface area contributed by atoms with Crippen LogP contribution in [0, 0.1) is 0 Å². The molecule has 2 rings (SSSR count). The van der Waals surface area contributed by atoms with Crippen LogP contribution in [0.25, 0.3) is 0 Å². The fourth-order valence-corrected chi connectivity index (χ4v) is 4.08. The van der Waals surface area contributed by atoms with Crippen molar-refractivity contribution < 1.29 is 19.1 Å². The van der Waals surface area contributed by atoms with E-state index >= 15 is 0 Å². The molecule has 0 bridgehead atoms. The fourth-order valence-electron chi connectivity index (χ4n) is 3.06. The Labute approximate surface area is 197 Å². The third-order valence-electron chi connectivity index (χ3n) is 4.70. The molecule has 7 nitrogen and oxygen atoms in total. The van der Waals surface area contributed by atoms with Gasteiger partial charge in [-0.15, -0.1) is 11.8 Å². The van der Waals surface area contributed by atoms with Gasteiger partial charge in [0.25, 0.3) is 5.91 Å². The molecule has 3 amide bonds. The summed E-state index contributed by atoms with van der Waals surface area (Å²) in [7, 11) is 3.05. The number of nitrogens with zero attached hydrogens (tertiary/aromatic N) is 1. The molecular weight excluding hydrogens is 446 g/mol. The van der Waals surface area contributed by atoms with Crippen molar-refractivity contribution in [2.75, 3.05) is 44.3 Å². The normalized spacial score (nSPS) is 11.4. The third-order valence-corrected chi connectivity index (χ3v) is 6.14. The van der Waals surface area contributed by atoms with Crippen LogP contribution in [0.5, 0.6) is 5.75 Å². The van der Waals surface area contributed by atoms with Crippen molar-refractivity contribution in [3.63, 3.8) is 0 Å². The highest BCUT2D eigenvalue weighted by Gasteiger charge is 2.26. The Hall–Kier alpha value is -2.65. The lowest BCUT2D eigenvalue weighted by Gasteiger charge is -2.24. The van der Waals surface area contributed by atoms with Gasteiger partial charge in [0.05, 0.1) is 24.9 Å². The van der Waals surface area contributed by atoms with Crippen LogP contribution in [0.1, 0.15) is 16.8 Å². The number of amides is 3. The van der Waals surface area contributed by atoms with E-state index in [0.717, 1.165) is 4.90 Å². The van der Waals surface area contributed by atoms with Crippen LogP contribution in [0.4, 0.5) is 5.69 Å². The molecule has 0 radical (unpaired) electrons. The average molecular weight is 476 g/mol. The quantitative estimate of drug-likeness (QED) is 0.485. The van der Waals surface area contributed by atoms with Gasteiger partial charge >= 0.3 is 0 Å². The summed E-state index contributed by atoms with van der Waals surface area (Å²) in [4.78, 5) is 40.7. The Morgan fingerprint density at radius 1 is 1.06 bits per heavy atom. The van der Waals surface area contributed by atoms with E-state index in [2.05, 4.69) is 10.6 Å². The minimum absolute atomic E-state index is 0.123. The molecule has 32 heavy (non-hydrogen) atoms. The molecule has 0 fully saturated rings. The second kappa shape index (κ2) is 13.0. The molecule has 9 heteroatoms. The molecule has 0 spiro atoms. The summed E-state index contributed by atoms with van der Waals surface area (Å²) in [6.45, 7) is -0.123. The van der Waals surface area contributed by atoms with Crippen molar-refractivity contribution in [2.45, 2.75) is 17.4 Å². The number of anilines is 1. The van der Waals surface area contributed by atoms with Crippen LogP contribution in [-0.4, -0.2) is 67.6 Å². The van der Waals surface area contributed by atoms with Crippen molar-refractivity contribution in [2.24, 2.45) is 0 Å². The molecule has 0 saturated heterocycles. The molecule has 2 aromatic rings. The zero-order chi connectivity index (χ0) is 23.5. The Balaban J connectivity index is 2.07. The summed E-state index contributed by atoms with van der Waals surface area (Å²) in [5, 5.41) is 5.66. The standard InChI is InChI=1S/C23H29N3O4S2/c1-26(15-21(27)24-17-10-6-8-12-20(17)32-4)23(29)18(13-14-31-3)25-22(28)16-9-5-7-11-19(16)30-2/h5-12,18H,13-15H2,1-4H3,(H,24,27)(H,25,28). The first-order chi connectivity index (χ1) is 15.4. The zero-order valence-electron chi connectivity index (χ0n) is 18.7. The van der Waals surface area contributed by atoms with E-state index in [1.54, 1.807) is 43.1 Å². The summed E-state index contributed by atoms with van der Waals surface area (Å²) in [6.07, 6.45) is 4.31.